The normalized spacial score (nSPS) is 21.5. The molecule has 0 aromatic rings. The molecule has 0 unspecified atom stereocenters. The highest BCUT2D eigenvalue weighted by molar-refractivity contribution is 4.65. The molecule has 0 bridgehead atoms. The van der Waals surface area contributed by atoms with Crippen molar-refractivity contribution in [2.75, 3.05) is 6.61 Å². The Labute approximate surface area is 70.1 Å². The van der Waals surface area contributed by atoms with Gasteiger partial charge in [-0.1, -0.05) is 32.6 Å². The van der Waals surface area contributed by atoms with Crippen molar-refractivity contribution in [2.45, 2.75) is 51.6 Å². The van der Waals surface area contributed by atoms with E-state index in [4.69, 9.17) is 4.74 Å². The predicted molar refractivity (Wildman–Crippen MR) is 47.4 cm³/mol. The van der Waals surface area contributed by atoms with Gasteiger partial charge in [0.25, 0.3) is 0 Å². The minimum Gasteiger partial charge on any atom is -0.378 e. The second-order valence-electron chi connectivity index (χ2n) is 3.36. The van der Waals surface area contributed by atoms with E-state index in [0.717, 1.165) is 6.61 Å². The Bertz CT molecular complexity index is 82.9. The van der Waals surface area contributed by atoms with Crippen LogP contribution in [0.3, 0.4) is 0 Å². The fourth-order valence-corrected chi connectivity index (χ4v) is 1.64. The van der Waals surface area contributed by atoms with Gasteiger partial charge in [-0.3, -0.25) is 0 Å². The van der Waals surface area contributed by atoms with Gasteiger partial charge in [0.1, 0.15) is 0 Å². The smallest absolute Gasteiger partial charge is 0.0575 e. The van der Waals surface area contributed by atoms with Crippen LogP contribution in [0.15, 0.2) is 0 Å². The highest BCUT2D eigenvalue weighted by atomic mass is 16.5. The minimum absolute atomic E-state index is 0.564. The first-order valence-electron chi connectivity index (χ1n) is 4.83. The molecule has 65 valence electrons. The van der Waals surface area contributed by atoms with Crippen LogP contribution < -0.4 is 0 Å². The second kappa shape index (κ2) is 5.59. The van der Waals surface area contributed by atoms with Crippen LogP contribution in [0.1, 0.15) is 45.4 Å². The zero-order valence-electron chi connectivity index (χ0n) is 7.51. The van der Waals surface area contributed by atoms with Gasteiger partial charge in [0.2, 0.25) is 0 Å². The molecule has 0 aromatic heterocycles. The van der Waals surface area contributed by atoms with Gasteiger partial charge in [0.15, 0.2) is 0 Å². The number of ether oxygens (including phenoxy) is 1. The lowest BCUT2D eigenvalue weighted by atomic mass is 10.1. The SMILES string of the molecule is C[CH]COC1CCCCCC1. The van der Waals surface area contributed by atoms with E-state index >= 15 is 0 Å². The summed E-state index contributed by atoms with van der Waals surface area (Å²) in [6.45, 7) is 2.89. The van der Waals surface area contributed by atoms with Crippen LogP contribution in [0, 0.1) is 6.42 Å². The minimum atomic E-state index is 0.564. The van der Waals surface area contributed by atoms with Crippen molar-refractivity contribution in [1.82, 2.24) is 0 Å². The first-order chi connectivity index (χ1) is 5.43. The molecular weight excluding hydrogens is 136 g/mol. The van der Waals surface area contributed by atoms with Crippen LogP contribution in [0.5, 0.6) is 0 Å². The van der Waals surface area contributed by atoms with E-state index in [9.17, 15) is 0 Å². The first kappa shape index (κ1) is 9.05. The van der Waals surface area contributed by atoms with Gasteiger partial charge in [-0.2, -0.15) is 0 Å². The number of rotatable bonds is 3. The van der Waals surface area contributed by atoms with E-state index < -0.39 is 0 Å². The van der Waals surface area contributed by atoms with Crippen molar-refractivity contribution >= 4 is 0 Å². The molecule has 0 N–H and O–H groups in total. The summed E-state index contributed by atoms with van der Waals surface area (Å²) in [7, 11) is 0. The summed E-state index contributed by atoms with van der Waals surface area (Å²) in [5, 5.41) is 0. The third-order valence-corrected chi connectivity index (χ3v) is 2.30. The predicted octanol–water partition coefficient (Wildman–Crippen LogP) is 2.95. The molecule has 1 aliphatic rings. The summed E-state index contributed by atoms with van der Waals surface area (Å²) < 4.78 is 5.66. The highest BCUT2D eigenvalue weighted by Crippen LogP contribution is 2.19. The Kier molecular flexibility index (Phi) is 4.60. The Balaban J connectivity index is 2.09. The summed E-state index contributed by atoms with van der Waals surface area (Å²) in [6.07, 6.45) is 10.8. The fourth-order valence-electron chi connectivity index (χ4n) is 1.64. The summed E-state index contributed by atoms with van der Waals surface area (Å²) >= 11 is 0. The van der Waals surface area contributed by atoms with Gasteiger partial charge in [-0.05, 0) is 19.3 Å². The Morgan fingerprint density at radius 2 is 1.82 bits per heavy atom. The Morgan fingerprint density at radius 3 is 2.36 bits per heavy atom. The molecular formula is C10H19O. The lowest BCUT2D eigenvalue weighted by molar-refractivity contribution is 0.0575. The van der Waals surface area contributed by atoms with E-state index in [1.807, 2.05) is 0 Å². The maximum Gasteiger partial charge on any atom is 0.0575 e. The van der Waals surface area contributed by atoms with Gasteiger partial charge < -0.3 is 4.74 Å². The van der Waals surface area contributed by atoms with Crippen LogP contribution >= 0.6 is 0 Å². The maximum atomic E-state index is 5.66. The molecule has 0 amide bonds. The zero-order valence-corrected chi connectivity index (χ0v) is 7.51. The third kappa shape index (κ3) is 3.76. The van der Waals surface area contributed by atoms with Gasteiger partial charge in [-0.25, -0.2) is 0 Å². The first-order valence-corrected chi connectivity index (χ1v) is 4.83. The quantitative estimate of drug-likeness (QED) is 0.569. The second-order valence-corrected chi connectivity index (χ2v) is 3.36. The molecule has 1 fully saturated rings. The molecule has 0 saturated heterocycles. The van der Waals surface area contributed by atoms with E-state index in [1.165, 1.54) is 38.5 Å². The molecule has 0 atom stereocenters. The van der Waals surface area contributed by atoms with Gasteiger partial charge in [-0.15, -0.1) is 0 Å². The molecule has 0 spiro atoms. The van der Waals surface area contributed by atoms with Crippen LogP contribution in [0.25, 0.3) is 0 Å². The van der Waals surface area contributed by atoms with Crippen LogP contribution in [-0.4, -0.2) is 12.7 Å². The Morgan fingerprint density at radius 1 is 1.18 bits per heavy atom. The summed E-state index contributed by atoms with van der Waals surface area (Å²) in [6, 6.07) is 0. The summed E-state index contributed by atoms with van der Waals surface area (Å²) in [5.41, 5.74) is 0. The molecule has 1 radical (unpaired) electrons. The van der Waals surface area contributed by atoms with Crippen molar-refractivity contribution in [2.24, 2.45) is 0 Å². The molecule has 0 aliphatic heterocycles. The van der Waals surface area contributed by atoms with Crippen LogP contribution in [0.2, 0.25) is 0 Å². The molecule has 1 heteroatoms. The molecule has 1 rings (SSSR count). The zero-order chi connectivity index (χ0) is 7.94. The van der Waals surface area contributed by atoms with Crippen molar-refractivity contribution in [3.05, 3.63) is 6.42 Å². The van der Waals surface area contributed by atoms with Crippen LogP contribution in [0.4, 0.5) is 0 Å². The summed E-state index contributed by atoms with van der Waals surface area (Å²) in [4.78, 5) is 0. The molecule has 1 nitrogen and oxygen atoms in total. The average molecular weight is 155 g/mol. The molecule has 0 aromatic carbocycles. The van der Waals surface area contributed by atoms with Crippen molar-refractivity contribution in [1.29, 1.82) is 0 Å². The molecule has 1 saturated carbocycles. The molecule has 11 heavy (non-hydrogen) atoms. The van der Waals surface area contributed by atoms with Crippen molar-refractivity contribution < 1.29 is 4.74 Å². The van der Waals surface area contributed by atoms with Crippen molar-refractivity contribution in [3.63, 3.8) is 0 Å². The van der Waals surface area contributed by atoms with E-state index in [2.05, 4.69) is 13.3 Å². The van der Waals surface area contributed by atoms with Gasteiger partial charge in [0, 0.05) is 6.61 Å². The molecule has 0 heterocycles. The van der Waals surface area contributed by atoms with Gasteiger partial charge >= 0.3 is 0 Å². The Hall–Kier alpha value is -0.0400. The van der Waals surface area contributed by atoms with Gasteiger partial charge in [0.05, 0.1) is 6.10 Å². The van der Waals surface area contributed by atoms with Crippen LogP contribution in [-0.2, 0) is 4.74 Å². The average Bonchev–Trinajstić information content (AvgIpc) is 2.28. The largest absolute Gasteiger partial charge is 0.378 e. The topological polar surface area (TPSA) is 9.23 Å². The van der Waals surface area contributed by atoms with Crippen molar-refractivity contribution in [3.8, 4) is 0 Å². The highest BCUT2D eigenvalue weighted by Gasteiger charge is 2.11. The standard InChI is InChI=1S/C10H19O/c1-2-9-11-10-7-5-3-4-6-8-10/h2,10H,3-9H2,1H3. The van der Waals surface area contributed by atoms with E-state index in [1.54, 1.807) is 0 Å². The van der Waals surface area contributed by atoms with E-state index in [-0.39, 0.29) is 0 Å². The number of hydrogen-bond acceptors (Lipinski definition) is 1. The maximum absolute atomic E-state index is 5.66. The fraction of sp³-hybridized carbons (Fsp3) is 0.900. The summed E-state index contributed by atoms with van der Waals surface area (Å²) in [5.74, 6) is 0. The third-order valence-electron chi connectivity index (χ3n) is 2.30. The lowest BCUT2D eigenvalue weighted by Crippen LogP contribution is -2.12. The monoisotopic (exact) mass is 155 g/mol. The number of hydrogen-bond donors (Lipinski definition) is 0. The van der Waals surface area contributed by atoms with E-state index in [0.29, 0.717) is 6.10 Å². The lowest BCUT2D eigenvalue weighted by Gasteiger charge is -2.13. The molecule has 1 aliphatic carbocycles.